The summed E-state index contributed by atoms with van der Waals surface area (Å²) in [5, 5.41) is 2.66. The smallest absolute Gasteiger partial charge is 0.407 e. The second kappa shape index (κ2) is 19.0. The van der Waals surface area contributed by atoms with E-state index in [1.54, 1.807) is 7.11 Å². The highest BCUT2D eigenvalue weighted by atomic mass is 16.6. The number of carbonyl (C=O) groups is 2. The number of unbranched alkanes of at least 4 members (excludes halogenated alkanes) is 8. The van der Waals surface area contributed by atoms with Gasteiger partial charge in [0.15, 0.2) is 0 Å². The minimum absolute atomic E-state index is 0.113. The Hall–Kier alpha value is -1.30. The molecule has 0 aliphatic carbocycles. The van der Waals surface area contributed by atoms with Gasteiger partial charge in [0.05, 0.1) is 13.2 Å². The number of ether oxygens (including phenoxy) is 3. The van der Waals surface area contributed by atoms with Gasteiger partial charge in [0.25, 0.3) is 0 Å². The van der Waals surface area contributed by atoms with Gasteiger partial charge in [0, 0.05) is 20.1 Å². The molecule has 0 atom stereocenters. The van der Waals surface area contributed by atoms with Crippen molar-refractivity contribution < 1.29 is 23.8 Å². The van der Waals surface area contributed by atoms with Gasteiger partial charge in [0.2, 0.25) is 0 Å². The van der Waals surface area contributed by atoms with Crippen molar-refractivity contribution in [3.05, 3.63) is 0 Å². The van der Waals surface area contributed by atoms with E-state index in [-0.39, 0.29) is 12.6 Å². The molecule has 1 amide bonds. The fourth-order valence-corrected chi connectivity index (χ4v) is 2.35. The first kappa shape index (κ1) is 23.7. The van der Waals surface area contributed by atoms with E-state index >= 15 is 0 Å². The zero-order chi connectivity index (χ0) is 18.6. The summed E-state index contributed by atoms with van der Waals surface area (Å²) in [5.41, 5.74) is 0. The second-order valence-corrected chi connectivity index (χ2v) is 6.21. The van der Waals surface area contributed by atoms with Crippen LogP contribution in [-0.2, 0) is 19.0 Å². The Bertz CT molecular complexity index is 323. The van der Waals surface area contributed by atoms with Crippen molar-refractivity contribution in [1.29, 1.82) is 0 Å². The van der Waals surface area contributed by atoms with Crippen LogP contribution >= 0.6 is 0 Å². The van der Waals surface area contributed by atoms with E-state index in [9.17, 15) is 9.59 Å². The van der Waals surface area contributed by atoms with Crippen LogP contribution in [0.3, 0.4) is 0 Å². The lowest BCUT2D eigenvalue weighted by molar-refractivity contribution is -0.143. The standard InChI is InChI=1S/C19H37NO5/c1-3-4-5-6-7-8-12-15-24-18(21)13-10-9-11-14-20-19(22)25-17-16-23-2/h3-17H2,1-2H3,(H,20,22). The van der Waals surface area contributed by atoms with Gasteiger partial charge in [-0.05, 0) is 19.3 Å². The third-order valence-electron chi connectivity index (χ3n) is 3.86. The van der Waals surface area contributed by atoms with Crippen molar-refractivity contribution in [2.45, 2.75) is 77.6 Å². The molecule has 0 aliphatic rings. The van der Waals surface area contributed by atoms with E-state index in [4.69, 9.17) is 14.2 Å². The van der Waals surface area contributed by atoms with Gasteiger partial charge < -0.3 is 19.5 Å². The highest BCUT2D eigenvalue weighted by Crippen LogP contribution is 2.07. The predicted molar refractivity (Wildman–Crippen MR) is 98.6 cm³/mol. The van der Waals surface area contributed by atoms with Crippen LogP contribution in [0, 0.1) is 0 Å². The van der Waals surface area contributed by atoms with Crippen molar-refractivity contribution in [2.24, 2.45) is 0 Å². The topological polar surface area (TPSA) is 73.9 Å². The van der Waals surface area contributed by atoms with Gasteiger partial charge in [-0.25, -0.2) is 4.79 Å². The highest BCUT2D eigenvalue weighted by Gasteiger charge is 2.03. The lowest BCUT2D eigenvalue weighted by Crippen LogP contribution is -2.26. The van der Waals surface area contributed by atoms with E-state index in [0.717, 1.165) is 32.1 Å². The molecule has 0 radical (unpaired) electrons. The molecule has 0 bridgehead atoms. The molecule has 0 unspecified atom stereocenters. The molecule has 148 valence electrons. The number of alkyl carbamates (subject to hydrolysis) is 1. The number of carbonyl (C=O) groups excluding carboxylic acids is 2. The van der Waals surface area contributed by atoms with E-state index in [1.165, 1.54) is 32.1 Å². The molecule has 0 aromatic rings. The van der Waals surface area contributed by atoms with Crippen LogP contribution in [0.2, 0.25) is 0 Å². The summed E-state index contributed by atoms with van der Waals surface area (Å²) < 4.78 is 14.9. The number of amides is 1. The predicted octanol–water partition coefficient (Wildman–Crippen LogP) is 4.21. The van der Waals surface area contributed by atoms with Gasteiger partial charge in [-0.15, -0.1) is 0 Å². The van der Waals surface area contributed by atoms with E-state index in [1.807, 2.05) is 0 Å². The summed E-state index contributed by atoms with van der Waals surface area (Å²) in [6.07, 6.45) is 11.1. The SMILES string of the molecule is CCCCCCCCCOC(=O)CCCCCNC(=O)OCCOC. The van der Waals surface area contributed by atoms with Crippen LogP contribution < -0.4 is 5.32 Å². The van der Waals surface area contributed by atoms with Crippen LogP contribution in [0.15, 0.2) is 0 Å². The minimum atomic E-state index is -0.425. The molecule has 0 fully saturated rings. The number of methoxy groups -OCH3 is 1. The van der Waals surface area contributed by atoms with E-state index in [2.05, 4.69) is 12.2 Å². The van der Waals surface area contributed by atoms with Crippen molar-refractivity contribution >= 4 is 12.1 Å². The maximum Gasteiger partial charge on any atom is 0.407 e. The average molecular weight is 360 g/mol. The van der Waals surface area contributed by atoms with Gasteiger partial charge >= 0.3 is 12.1 Å². The minimum Gasteiger partial charge on any atom is -0.466 e. The van der Waals surface area contributed by atoms with Crippen LogP contribution in [0.5, 0.6) is 0 Å². The summed E-state index contributed by atoms with van der Waals surface area (Å²) in [7, 11) is 1.56. The average Bonchev–Trinajstić information content (AvgIpc) is 2.60. The molecule has 0 saturated heterocycles. The van der Waals surface area contributed by atoms with Gasteiger partial charge in [-0.1, -0.05) is 51.9 Å². The van der Waals surface area contributed by atoms with Crippen LogP contribution in [-0.4, -0.2) is 45.5 Å². The molecular weight excluding hydrogens is 322 g/mol. The highest BCUT2D eigenvalue weighted by molar-refractivity contribution is 5.69. The normalized spacial score (nSPS) is 10.5. The number of rotatable bonds is 17. The molecule has 0 aromatic heterocycles. The molecule has 0 spiro atoms. The quantitative estimate of drug-likeness (QED) is 0.311. The molecule has 0 rings (SSSR count). The van der Waals surface area contributed by atoms with Crippen molar-refractivity contribution in [2.75, 3.05) is 33.5 Å². The van der Waals surface area contributed by atoms with Crippen molar-refractivity contribution in [3.63, 3.8) is 0 Å². The summed E-state index contributed by atoms with van der Waals surface area (Å²) >= 11 is 0. The van der Waals surface area contributed by atoms with Crippen LogP contribution in [0.1, 0.15) is 77.6 Å². The Morgan fingerprint density at radius 3 is 2.16 bits per heavy atom. The zero-order valence-electron chi connectivity index (χ0n) is 16.1. The van der Waals surface area contributed by atoms with Gasteiger partial charge in [0.1, 0.15) is 6.61 Å². The number of hydrogen-bond donors (Lipinski definition) is 1. The van der Waals surface area contributed by atoms with E-state index < -0.39 is 6.09 Å². The summed E-state index contributed by atoms with van der Waals surface area (Å²) in [4.78, 5) is 22.8. The molecular formula is C19H37NO5. The monoisotopic (exact) mass is 359 g/mol. The van der Waals surface area contributed by atoms with Crippen LogP contribution in [0.25, 0.3) is 0 Å². The van der Waals surface area contributed by atoms with E-state index in [0.29, 0.717) is 26.2 Å². The van der Waals surface area contributed by atoms with Crippen molar-refractivity contribution in [3.8, 4) is 0 Å². The zero-order valence-corrected chi connectivity index (χ0v) is 16.1. The summed E-state index contributed by atoms with van der Waals surface area (Å²) in [6.45, 7) is 3.97. The first-order valence-electron chi connectivity index (χ1n) is 9.75. The van der Waals surface area contributed by atoms with Crippen molar-refractivity contribution in [1.82, 2.24) is 5.32 Å². The summed E-state index contributed by atoms with van der Waals surface area (Å²) in [5.74, 6) is -0.113. The molecule has 25 heavy (non-hydrogen) atoms. The maximum absolute atomic E-state index is 11.6. The van der Waals surface area contributed by atoms with Gasteiger partial charge in [-0.3, -0.25) is 4.79 Å². The third-order valence-corrected chi connectivity index (χ3v) is 3.86. The molecule has 1 N–H and O–H groups in total. The molecule has 0 aliphatic heterocycles. The Morgan fingerprint density at radius 1 is 0.760 bits per heavy atom. The first-order chi connectivity index (χ1) is 12.2. The largest absolute Gasteiger partial charge is 0.466 e. The maximum atomic E-state index is 11.6. The Balaban J connectivity index is 3.26. The van der Waals surface area contributed by atoms with Gasteiger partial charge in [-0.2, -0.15) is 0 Å². The Kier molecular flexibility index (Phi) is 18.0. The second-order valence-electron chi connectivity index (χ2n) is 6.21. The third kappa shape index (κ3) is 18.9. The summed E-state index contributed by atoms with van der Waals surface area (Å²) in [6, 6.07) is 0. The number of nitrogens with one attached hydrogen (secondary N) is 1. The number of esters is 1. The van der Waals surface area contributed by atoms with Crippen LogP contribution in [0.4, 0.5) is 4.79 Å². The lowest BCUT2D eigenvalue weighted by Gasteiger charge is -2.07. The molecule has 0 heterocycles. The first-order valence-corrected chi connectivity index (χ1v) is 9.75. The molecule has 6 nitrogen and oxygen atoms in total. The molecule has 6 heteroatoms. The fraction of sp³-hybridized carbons (Fsp3) is 0.895. The fourth-order valence-electron chi connectivity index (χ4n) is 2.35. The number of hydrogen-bond acceptors (Lipinski definition) is 5. The lowest BCUT2D eigenvalue weighted by atomic mass is 10.1. The molecule has 0 saturated carbocycles. The Labute approximate surface area is 153 Å². The Morgan fingerprint density at radius 2 is 1.44 bits per heavy atom. The molecule has 0 aromatic carbocycles.